The molecule has 7 heteroatoms. The molecule has 0 heterocycles. The fourth-order valence-electron chi connectivity index (χ4n) is 1.65. The van der Waals surface area contributed by atoms with Gasteiger partial charge in [0.2, 0.25) is 10.0 Å². The molecule has 20 heavy (non-hydrogen) atoms. The van der Waals surface area contributed by atoms with Gasteiger partial charge in [-0.3, -0.25) is 4.79 Å². The fourth-order valence-corrected chi connectivity index (χ4v) is 2.55. The lowest BCUT2D eigenvalue weighted by molar-refractivity contribution is -0.136. The van der Waals surface area contributed by atoms with Gasteiger partial charge in [-0.05, 0) is 24.6 Å². The van der Waals surface area contributed by atoms with Crippen molar-refractivity contribution in [3.63, 3.8) is 0 Å². The molecule has 0 bridgehead atoms. The van der Waals surface area contributed by atoms with E-state index in [9.17, 15) is 13.2 Å². The molecular weight excluding hydrogens is 280 g/mol. The zero-order chi connectivity index (χ0) is 15.3. The largest absolute Gasteiger partial charge is 0.481 e. The SMILES string of the molecule is CC(NCCC(=O)O)c1ccc(S(=O)(=O)N(C)C)cc1. The van der Waals surface area contributed by atoms with E-state index in [4.69, 9.17) is 5.11 Å². The Kier molecular flexibility index (Phi) is 5.67. The molecule has 2 N–H and O–H groups in total. The molecule has 1 atom stereocenters. The minimum Gasteiger partial charge on any atom is -0.481 e. The average Bonchev–Trinajstić information content (AvgIpc) is 2.38. The molecule has 0 radical (unpaired) electrons. The van der Waals surface area contributed by atoms with Crippen LogP contribution in [0.25, 0.3) is 0 Å². The first kappa shape index (κ1) is 16.6. The molecule has 0 aliphatic rings. The molecule has 0 aromatic heterocycles. The van der Waals surface area contributed by atoms with E-state index in [1.54, 1.807) is 24.3 Å². The van der Waals surface area contributed by atoms with E-state index in [1.807, 2.05) is 6.92 Å². The molecule has 1 unspecified atom stereocenters. The van der Waals surface area contributed by atoms with E-state index < -0.39 is 16.0 Å². The quantitative estimate of drug-likeness (QED) is 0.786. The second-order valence-corrected chi connectivity index (χ2v) is 6.83. The number of hydrogen-bond acceptors (Lipinski definition) is 4. The maximum Gasteiger partial charge on any atom is 0.304 e. The summed E-state index contributed by atoms with van der Waals surface area (Å²) in [5.41, 5.74) is 0.910. The van der Waals surface area contributed by atoms with Gasteiger partial charge < -0.3 is 10.4 Å². The van der Waals surface area contributed by atoms with Crippen LogP contribution < -0.4 is 5.32 Å². The fraction of sp³-hybridized carbons (Fsp3) is 0.462. The first-order valence-corrected chi connectivity index (χ1v) is 7.67. The Balaban J connectivity index is 2.74. The van der Waals surface area contributed by atoms with E-state index in [2.05, 4.69) is 5.32 Å². The van der Waals surface area contributed by atoms with E-state index in [0.29, 0.717) is 6.54 Å². The van der Waals surface area contributed by atoms with Crippen molar-refractivity contribution in [1.82, 2.24) is 9.62 Å². The molecule has 0 saturated carbocycles. The first-order chi connectivity index (χ1) is 9.25. The van der Waals surface area contributed by atoms with Gasteiger partial charge in [-0.15, -0.1) is 0 Å². The Labute approximate surface area is 119 Å². The highest BCUT2D eigenvalue weighted by atomic mass is 32.2. The van der Waals surface area contributed by atoms with Gasteiger partial charge in [-0.1, -0.05) is 12.1 Å². The predicted octanol–water partition coefficient (Wildman–Crippen LogP) is 1.06. The summed E-state index contributed by atoms with van der Waals surface area (Å²) in [7, 11) is -0.441. The lowest BCUT2D eigenvalue weighted by Gasteiger charge is -2.15. The van der Waals surface area contributed by atoms with E-state index >= 15 is 0 Å². The Morgan fingerprint density at radius 1 is 1.30 bits per heavy atom. The molecule has 0 spiro atoms. The Morgan fingerprint density at radius 3 is 2.30 bits per heavy atom. The zero-order valence-electron chi connectivity index (χ0n) is 11.8. The summed E-state index contributed by atoms with van der Waals surface area (Å²) in [6.07, 6.45) is 0.0530. The molecule has 6 nitrogen and oxygen atoms in total. The number of carboxylic acids is 1. The van der Waals surface area contributed by atoms with Crippen molar-refractivity contribution in [1.29, 1.82) is 0 Å². The average molecular weight is 300 g/mol. The number of benzene rings is 1. The number of sulfonamides is 1. The summed E-state index contributed by atoms with van der Waals surface area (Å²) >= 11 is 0. The van der Waals surface area contributed by atoms with Gasteiger partial charge >= 0.3 is 5.97 Å². The summed E-state index contributed by atoms with van der Waals surface area (Å²) in [6.45, 7) is 2.27. The van der Waals surface area contributed by atoms with Crippen molar-refractivity contribution in [3.8, 4) is 0 Å². The standard InChI is InChI=1S/C13H20N2O4S/c1-10(14-9-8-13(16)17)11-4-6-12(7-5-11)20(18,19)15(2)3/h4-7,10,14H,8-9H2,1-3H3,(H,16,17). The van der Waals surface area contributed by atoms with Crippen LogP contribution in [-0.4, -0.2) is 44.4 Å². The van der Waals surface area contributed by atoms with Gasteiger partial charge in [0.05, 0.1) is 11.3 Å². The summed E-state index contributed by atoms with van der Waals surface area (Å²) in [4.78, 5) is 10.7. The third-order valence-corrected chi connectivity index (χ3v) is 4.78. The van der Waals surface area contributed by atoms with Crippen molar-refractivity contribution in [2.24, 2.45) is 0 Å². The van der Waals surface area contributed by atoms with Crippen LogP contribution in [-0.2, 0) is 14.8 Å². The van der Waals surface area contributed by atoms with Crippen molar-refractivity contribution in [2.75, 3.05) is 20.6 Å². The Morgan fingerprint density at radius 2 is 1.85 bits per heavy atom. The van der Waals surface area contributed by atoms with Crippen LogP contribution >= 0.6 is 0 Å². The summed E-state index contributed by atoms with van der Waals surface area (Å²) in [5.74, 6) is -0.850. The van der Waals surface area contributed by atoms with E-state index in [0.717, 1.165) is 9.87 Å². The molecule has 112 valence electrons. The molecule has 0 aliphatic carbocycles. The smallest absolute Gasteiger partial charge is 0.304 e. The van der Waals surface area contributed by atoms with Crippen LogP contribution in [0.3, 0.4) is 0 Å². The first-order valence-electron chi connectivity index (χ1n) is 6.23. The molecule has 0 fully saturated rings. The summed E-state index contributed by atoms with van der Waals surface area (Å²) in [5, 5.41) is 11.6. The van der Waals surface area contributed by atoms with Gasteiger partial charge in [-0.25, -0.2) is 12.7 Å². The monoisotopic (exact) mass is 300 g/mol. The lowest BCUT2D eigenvalue weighted by atomic mass is 10.1. The number of aliphatic carboxylic acids is 1. The topological polar surface area (TPSA) is 86.7 Å². The summed E-state index contributed by atoms with van der Waals surface area (Å²) < 4.78 is 25.0. The van der Waals surface area contributed by atoms with Gasteiger partial charge in [-0.2, -0.15) is 0 Å². The summed E-state index contributed by atoms with van der Waals surface area (Å²) in [6, 6.07) is 6.54. The van der Waals surface area contributed by atoms with E-state index in [-0.39, 0.29) is 17.4 Å². The number of carboxylic acid groups (broad SMARTS) is 1. The van der Waals surface area contributed by atoms with Crippen LogP contribution in [0.5, 0.6) is 0 Å². The molecule has 0 amide bonds. The van der Waals surface area contributed by atoms with Crippen LogP contribution in [0.4, 0.5) is 0 Å². The predicted molar refractivity (Wildman–Crippen MR) is 76.0 cm³/mol. The molecule has 0 aliphatic heterocycles. The van der Waals surface area contributed by atoms with Crippen molar-refractivity contribution in [2.45, 2.75) is 24.3 Å². The number of carbonyl (C=O) groups is 1. The highest BCUT2D eigenvalue weighted by molar-refractivity contribution is 7.89. The van der Waals surface area contributed by atoms with Crippen molar-refractivity contribution < 1.29 is 18.3 Å². The number of nitrogens with zero attached hydrogens (tertiary/aromatic N) is 1. The highest BCUT2D eigenvalue weighted by Crippen LogP contribution is 2.18. The maximum atomic E-state index is 11.9. The molecule has 1 aromatic rings. The van der Waals surface area contributed by atoms with Crippen LogP contribution in [0.2, 0.25) is 0 Å². The van der Waals surface area contributed by atoms with Gasteiger partial charge in [0, 0.05) is 26.7 Å². The van der Waals surface area contributed by atoms with Gasteiger partial charge in [0.1, 0.15) is 0 Å². The number of rotatable bonds is 7. The van der Waals surface area contributed by atoms with Crippen LogP contribution in [0.1, 0.15) is 24.9 Å². The second-order valence-electron chi connectivity index (χ2n) is 4.68. The van der Waals surface area contributed by atoms with E-state index in [1.165, 1.54) is 14.1 Å². The third kappa shape index (κ3) is 4.29. The van der Waals surface area contributed by atoms with Crippen molar-refractivity contribution in [3.05, 3.63) is 29.8 Å². The van der Waals surface area contributed by atoms with Crippen LogP contribution in [0, 0.1) is 0 Å². The normalized spacial score (nSPS) is 13.4. The maximum absolute atomic E-state index is 11.9. The number of nitrogens with one attached hydrogen (secondary N) is 1. The van der Waals surface area contributed by atoms with Crippen molar-refractivity contribution >= 4 is 16.0 Å². The minimum atomic E-state index is -3.41. The highest BCUT2D eigenvalue weighted by Gasteiger charge is 2.17. The number of hydrogen-bond donors (Lipinski definition) is 2. The Hall–Kier alpha value is -1.44. The molecular formula is C13H20N2O4S. The minimum absolute atomic E-state index is 0.0366. The Bertz CT molecular complexity index is 552. The molecule has 0 saturated heterocycles. The second kappa shape index (κ2) is 6.83. The molecule has 1 aromatic carbocycles. The lowest BCUT2D eigenvalue weighted by Crippen LogP contribution is -2.23. The third-order valence-electron chi connectivity index (χ3n) is 2.95. The van der Waals surface area contributed by atoms with Crippen LogP contribution in [0.15, 0.2) is 29.2 Å². The zero-order valence-corrected chi connectivity index (χ0v) is 12.6. The molecule has 1 rings (SSSR count). The van der Waals surface area contributed by atoms with Gasteiger partial charge in [0.15, 0.2) is 0 Å². The van der Waals surface area contributed by atoms with Gasteiger partial charge in [0.25, 0.3) is 0 Å².